The molecular formula is C19H26N2O2. The molecule has 4 heteroatoms. The predicted octanol–water partition coefficient (Wildman–Crippen LogP) is 3.66. The van der Waals surface area contributed by atoms with Crippen LogP contribution in [0.1, 0.15) is 38.5 Å². The van der Waals surface area contributed by atoms with Gasteiger partial charge < -0.3 is 19.7 Å². The summed E-state index contributed by atoms with van der Waals surface area (Å²) in [5.74, 6) is 4.31. The number of rotatable bonds is 3. The van der Waals surface area contributed by atoms with Gasteiger partial charge in [0.25, 0.3) is 0 Å². The van der Waals surface area contributed by atoms with Crippen LogP contribution in [0.4, 0.5) is 11.4 Å². The Morgan fingerprint density at radius 1 is 1.13 bits per heavy atom. The molecule has 0 aromatic heterocycles. The number of nitrogens with one attached hydrogen (secondary N) is 1. The summed E-state index contributed by atoms with van der Waals surface area (Å²) in [6.45, 7) is 1.57. The summed E-state index contributed by atoms with van der Waals surface area (Å²) in [6.07, 6.45) is 13.2. The number of benzene rings is 1. The summed E-state index contributed by atoms with van der Waals surface area (Å²) >= 11 is 0. The quantitative estimate of drug-likeness (QED) is 0.863. The van der Waals surface area contributed by atoms with Crippen LogP contribution in [0.2, 0.25) is 0 Å². The van der Waals surface area contributed by atoms with E-state index in [-0.39, 0.29) is 5.54 Å². The molecule has 0 saturated heterocycles. The van der Waals surface area contributed by atoms with Crippen LogP contribution in [0.3, 0.4) is 0 Å². The van der Waals surface area contributed by atoms with E-state index in [1.54, 1.807) is 14.2 Å². The smallest absolute Gasteiger partial charge is 0.162 e. The molecule has 1 aromatic carbocycles. The highest BCUT2D eigenvalue weighted by molar-refractivity contribution is 5.78. The molecule has 1 spiro atoms. The molecule has 0 amide bonds. The molecule has 4 nitrogen and oxygen atoms in total. The van der Waals surface area contributed by atoms with E-state index < -0.39 is 0 Å². The lowest BCUT2D eigenvalue weighted by molar-refractivity contribution is 0.353. The minimum Gasteiger partial charge on any atom is -0.493 e. The summed E-state index contributed by atoms with van der Waals surface area (Å²) in [5.41, 5.74) is 2.33. The summed E-state index contributed by atoms with van der Waals surface area (Å²) in [6, 6.07) is 4.07. The van der Waals surface area contributed by atoms with E-state index in [0.717, 1.165) is 29.4 Å². The molecule has 1 aliphatic carbocycles. The van der Waals surface area contributed by atoms with Gasteiger partial charge in [0.2, 0.25) is 0 Å². The zero-order valence-corrected chi connectivity index (χ0v) is 14.2. The van der Waals surface area contributed by atoms with Crippen LogP contribution in [0.15, 0.2) is 12.1 Å². The number of methoxy groups -OCH3 is 2. The highest BCUT2D eigenvalue weighted by atomic mass is 16.5. The van der Waals surface area contributed by atoms with E-state index >= 15 is 0 Å². The number of anilines is 2. The number of fused-ring (bicyclic) bond motifs is 1. The topological polar surface area (TPSA) is 33.7 Å². The van der Waals surface area contributed by atoms with Gasteiger partial charge in [0.05, 0.1) is 37.7 Å². The summed E-state index contributed by atoms with van der Waals surface area (Å²) in [5, 5.41) is 3.82. The second-order valence-electron chi connectivity index (χ2n) is 6.60. The van der Waals surface area contributed by atoms with Gasteiger partial charge in [-0.25, -0.2) is 0 Å². The standard InChI is InChI=1S/C19H26N2O2/c1-4-11-21-14-19(9-7-5-6-8-10-19)20-15-12-17(22-2)18(23-3)13-16(15)21/h1,12-13,20H,5-11,14H2,2-3H3. The Balaban J connectivity index is 2.01. The van der Waals surface area contributed by atoms with E-state index in [9.17, 15) is 0 Å². The van der Waals surface area contributed by atoms with E-state index in [1.807, 2.05) is 12.1 Å². The molecule has 0 bridgehead atoms. The first-order valence-electron chi connectivity index (χ1n) is 8.44. The Labute approximate surface area is 139 Å². The van der Waals surface area contributed by atoms with Gasteiger partial charge in [-0.05, 0) is 12.8 Å². The lowest BCUT2D eigenvalue weighted by Crippen LogP contribution is -2.52. The fraction of sp³-hybridized carbons (Fsp3) is 0.579. The third kappa shape index (κ3) is 3.06. The Hall–Kier alpha value is -2.02. The van der Waals surface area contributed by atoms with Crippen LogP contribution >= 0.6 is 0 Å². The fourth-order valence-electron chi connectivity index (χ4n) is 3.95. The van der Waals surface area contributed by atoms with Crippen molar-refractivity contribution in [2.75, 3.05) is 37.5 Å². The maximum Gasteiger partial charge on any atom is 0.162 e. The highest BCUT2D eigenvalue weighted by Gasteiger charge is 2.38. The van der Waals surface area contributed by atoms with Crippen molar-refractivity contribution < 1.29 is 9.47 Å². The average molecular weight is 314 g/mol. The molecule has 0 atom stereocenters. The average Bonchev–Trinajstić information content (AvgIpc) is 2.79. The molecule has 1 fully saturated rings. The van der Waals surface area contributed by atoms with Crippen LogP contribution < -0.4 is 19.7 Å². The van der Waals surface area contributed by atoms with Crippen LogP contribution in [0.5, 0.6) is 11.5 Å². The Morgan fingerprint density at radius 3 is 2.39 bits per heavy atom. The molecule has 1 aliphatic heterocycles. The lowest BCUT2D eigenvalue weighted by atomic mass is 9.86. The first kappa shape index (κ1) is 15.9. The molecule has 124 valence electrons. The van der Waals surface area contributed by atoms with E-state index in [1.165, 1.54) is 38.5 Å². The maximum absolute atomic E-state index is 5.62. The molecule has 3 rings (SSSR count). The van der Waals surface area contributed by atoms with Crippen LogP contribution in [0, 0.1) is 12.3 Å². The van der Waals surface area contributed by atoms with E-state index in [2.05, 4.69) is 16.1 Å². The second-order valence-corrected chi connectivity index (χ2v) is 6.60. The molecule has 1 N–H and O–H groups in total. The third-order valence-corrected chi connectivity index (χ3v) is 5.08. The van der Waals surface area contributed by atoms with Crippen molar-refractivity contribution >= 4 is 11.4 Å². The normalized spacial score (nSPS) is 19.3. The maximum atomic E-state index is 5.62. The molecule has 2 aliphatic rings. The Bertz CT molecular complexity index is 598. The highest BCUT2D eigenvalue weighted by Crippen LogP contribution is 2.45. The van der Waals surface area contributed by atoms with Crippen molar-refractivity contribution in [1.29, 1.82) is 0 Å². The van der Waals surface area contributed by atoms with Crippen LogP contribution in [-0.4, -0.2) is 32.8 Å². The van der Waals surface area contributed by atoms with Crippen LogP contribution in [-0.2, 0) is 0 Å². The minimum atomic E-state index is 0.125. The van der Waals surface area contributed by atoms with Gasteiger partial charge in [-0.3, -0.25) is 0 Å². The van der Waals surface area contributed by atoms with Crippen LogP contribution in [0.25, 0.3) is 0 Å². The van der Waals surface area contributed by atoms with Gasteiger partial charge in [-0.1, -0.05) is 31.6 Å². The van der Waals surface area contributed by atoms with Gasteiger partial charge in [0.1, 0.15) is 0 Å². The zero-order valence-electron chi connectivity index (χ0n) is 14.2. The molecular weight excluding hydrogens is 288 g/mol. The lowest BCUT2D eigenvalue weighted by Gasteiger charge is -2.45. The minimum absolute atomic E-state index is 0.125. The summed E-state index contributed by atoms with van der Waals surface area (Å²) in [4.78, 5) is 2.30. The fourth-order valence-corrected chi connectivity index (χ4v) is 3.95. The van der Waals surface area contributed by atoms with Crippen molar-refractivity contribution in [3.05, 3.63) is 12.1 Å². The molecule has 1 saturated carbocycles. The first-order valence-corrected chi connectivity index (χ1v) is 8.44. The first-order chi connectivity index (χ1) is 11.2. The molecule has 1 aromatic rings. The second kappa shape index (κ2) is 6.62. The Kier molecular flexibility index (Phi) is 4.56. The number of ether oxygens (including phenoxy) is 2. The summed E-state index contributed by atoms with van der Waals surface area (Å²) < 4.78 is 10.9. The SMILES string of the molecule is C#CCN1CC2(CCCCCC2)Nc2cc(OC)c(OC)cc21. The molecule has 23 heavy (non-hydrogen) atoms. The van der Waals surface area contributed by atoms with Crippen molar-refractivity contribution in [1.82, 2.24) is 0 Å². The summed E-state index contributed by atoms with van der Waals surface area (Å²) in [7, 11) is 3.34. The predicted molar refractivity (Wildman–Crippen MR) is 94.6 cm³/mol. The number of hydrogen-bond donors (Lipinski definition) is 1. The Morgan fingerprint density at radius 2 is 1.78 bits per heavy atom. The third-order valence-electron chi connectivity index (χ3n) is 5.08. The van der Waals surface area contributed by atoms with Gasteiger partial charge in [-0.15, -0.1) is 6.42 Å². The van der Waals surface area contributed by atoms with Crippen molar-refractivity contribution in [2.45, 2.75) is 44.1 Å². The van der Waals surface area contributed by atoms with Crippen molar-refractivity contribution in [3.63, 3.8) is 0 Å². The number of terminal acetylenes is 1. The van der Waals surface area contributed by atoms with Gasteiger partial charge in [0, 0.05) is 18.7 Å². The van der Waals surface area contributed by atoms with E-state index in [0.29, 0.717) is 6.54 Å². The van der Waals surface area contributed by atoms with Gasteiger partial charge >= 0.3 is 0 Å². The molecule has 0 radical (unpaired) electrons. The largest absolute Gasteiger partial charge is 0.493 e. The molecule has 1 heterocycles. The monoisotopic (exact) mass is 314 g/mol. The number of hydrogen-bond acceptors (Lipinski definition) is 4. The molecule has 0 unspecified atom stereocenters. The van der Waals surface area contributed by atoms with Gasteiger partial charge in [0.15, 0.2) is 11.5 Å². The number of nitrogens with zero attached hydrogens (tertiary/aromatic N) is 1. The van der Waals surface area contributed by atoms with Crippen molar-refractivity contribution in [3.8, 4) is 23.8 Å². The van der Waals surface area contributed by atoms with Gasteiger partial charge in [-0.2, -0.15) is 0 Å². The van der Waals surface area contributed by atoms with Crippen molar-refractivity contribution in [2.24, 2.45) is 0 Å². The zero-order chi connectivity index (χ0) is 16.3. The van der Waals surface area contributed by atoms with E-state index in [4.69, 9.17) is 15.9 Å².